The van der Waals surface area contributed by atoms with Gasteiger partial charge in [-0.1, -0.05) is 47.5 Å². The van der Waals surface area contributed by atoms with Gasteiger partial charge in [0.15, 0.2) is 0 Å². The lowest BCUT2D eigenvalue weighted by atomic mass is 10.1. The zero-order valence-corrected chi connectivity index (χ0v) is 26.1. The molecule has 0 unspecified atom stereocenters. The number of hydrogen-bond donors (Lipinski definition) is 5. The van der Waals surface area contributed by atoms with Gasteiger partial charge in [0, 0.05) is 67.7 Å². The Hall–Kier alpha value is -4.13. The van der Waals surface area contributed by atoms with Crippen molar-refractivity contribution in [3.63, 3.8) is 0 Å². The molecule has 5 rings (SSSR count). The monoisotopic (exact) mass is 649 g/mol. The first-order chi connectivity index (χ1) is 21.9. The molecule has 0 aliphatic carbocycles. The summed E-state index contributed by atoms with van der Waals surface area (Å²) in [5.74, 6) is 0.117. The van der Waals surface area contributed by atoms with E-state index in [1.807, 2.05) is 12.1 Å². The number of halogens is 2. The van der Waals surface area contributed by atoms with Gasteiger partial charge in [-0.25, -0.2) is 4.98 Å². The van der Waals surface area contributed by atoms with Crippen molar-refractivity contribution in [1.82, 2.24) is 30.9 Å². The molecule has 1 atom stereocenters. The molecule has 0 radical (unpaired) electrons. The first kappa shape index (κ1) is 32.3. The smallest absolute Gasteiger partial charge is 0.274 e. The SMILES string of the molecule is COc1nc(-c2ccnc(-c3cccc(NC(=O)c4ccc(CNCCO)cn4)c3Cl)c2Cl)ccc1CNC[C@@H]1CCC(=O)N1. The van der Waals surface area contributed by atoms with Crippen LogP contribution < -0.4 is 26.0 Å². The summed E-state index contributed by atoms with van der Waals surface area (Å²) in [6, 6.07) is 14.3. The molecule has 0 bridgehead atoms. The fraction of sp³-hybridized carbons (Fsp3) is 0.281. The van der Waals surface area contributed by atoms with Gasteiger partial charge < -0.3 is 31.1 Å². The molecule has 1 aliphatic heterocycles. The summed E-state index contributed by atoms with van der Waals surface area (Å²) >= 11 is 13.7. The summed E-state index contributed by atoms with van der Waals surface area (Å²) in [6.07, 6.45) is 4.61. The third-order valence-electron chi connectivity index (χ3n) is 7.27. The number of hydrogen-bond acceptors (Lipinski definition) is 9. The van der Waals surface area contributed by atoms with Crippen LogP contribution in [0.1, 0.15) is 34.5 Å². The van der Waals surface area contributed by atoms with Gasteiger partial charge in [-0.3, -0.25) is 19.6 Å². The maximum absolute atomic E-state index is 13.0. The normalized spacial score (nSPS) is 14.3. The largest absolute Gasteiger partial charge is 0.481 e. The average molecular weight is 651 g/mol. The van der Waals surface area contributed by atoms with Gasteiger partial charge in [0.2, 0.25) is 11.8 Å². The van der Waals surface area contributed by atoms with Gasteiger partial charge in [-0.2, -0.15) is 0 Å². The zero-order valence-electron chi connectivity index (χ0n) is 24.6. The molecule has 1 fully saturated rings. The van der Waals surface area contributed by atoms with E-state index in [9.17, 15) is 9.59 Å². The third kappa shape index (κ3) is 7.94. The van der Waals surface area contributed by atoms with Gasteiger partial charge in [0.05, 0.1) is 40.8 Å². The Labute approximate surface area is 270 Å². The number of aliphatic hydroxyl groups excluding tert-OH is 1. The first-order valence-corrected chi connectivity index (χ1v) is 15.2. The van der Waals surface area contributed by atoms with Crippen LogP contribution in [0.25, 0.3) is 22.5 Å². The van der Waals surface area contributed by atoms with Crippen molar-refractivity contribution in [3.8, 4) is 28.4 Å². The maximum atomic E-state index is 13.0. The van der Waals surface area contributed by atoms with E-state index in [2.05, 4.69) is 31.2 Å². The van der Waals surface area contributed by atoms with Gasteiger partial charge >= 0.3 is 0 Å². The van der Waals surface area contributed by atoms with Crippen molar-refractivity contribution in [2.24, 2.45) is 0 Å². The Balaban J connectivity index is 1.32. The van der Waals surface area contributed by atoms with Crippen LogP contribution in [0, 0.1) is 0 Å². The molecule has 4 aromatic rings. The Morgan fingerprint density at radius 3 is 2.64 bits per heavy atom. The molecule has 45 heavy (non-hydrogen) atoms. The van der Waals surface area contributed by atoms with Crippen LogP contribution in [0.15, 0.2) is 60.9 Å². The van der Waals surface area contributed by atoms with Crippen LogP contribution in [-0.2, 0) is 17.9 Å². The molecule has 2 amide bonds. The number of carbonyl (C=O) groups excluding carboxylic acids is 2. The number of aliphatic hydroxyl groups is 1. The van der Waals surface area contributed by atoms with E-state index in [0.29, 0.717) is 71.7 Å². The molecule has 4 heterocycles. The molecule has 11 nitrogen and oxygen atoms in total. The highest BCUT2D eigenvalue weighted by molar-refractivity contribution is 6.39. The summed E-state index contributed by atoms with van der Waals surface area (Å²) < 4.78 is 5.58. The maximum Gasteiger partial charge on any atom is 0.274 e. The van der Waals surface area contributed by atoms with Gasteiger partial charge in [0.1, 0.15) is 5.69 Å². The number of benzene rings is 1. The number of ether oxygens (including phenoxy) is 1. The van der Waals surface area contributed by atoms with Crippen molar-refractivity contribution in [2.45, 2.75) is 32.0 Å². The summed E-state index contributed by atoms with van der Waals surface area (Å²) in [4.78, 5) is 37.9. The fourth-order valence-corrected chi connectivity index (χ4v) is 5.52. The predicted molar refractivity (Wildman–Crippen MR) is 173 cm³/mol. The number of rotatable bonds is 13. The second kappa shape index (κ2) is 15.2. The second-order valence-corrected chi connectivity index (χ2v) is 11.1. The molecule has 1 saturated heterocycles. The van der Waals surface area contributed by atoms with Crippen molar-refractivity contribution in [3.05, 3.63) is 87.8 Å². The molecular formula is C32H33Cl2N7O4. The van der Waals surface area contributed by atoms with Gasteiger partial charge in [-0.15, -0.1) is 0 Å². The third-order valence-corrected chi connectivity index (χ3v) is 8.06. The van der Waals surface area contributed by atoms with Crippen LogP contribution in [0.5, 0.6) is 5.88 Å². The summed E-state index contributed by atoms with van der Waals surface area (Å²) in [6.45, 7) is 2.22. The minimum atomic E-state index is -0.421. The number of amides is 2. The lowest BCUT2D eigenvalue weighted by Gasteiger charge is -2.15. The predicted octanol–water partition coefficient (Wildman–Crippen LogP) is 4.22. The standard InChI is InChI=1S/C32H33Cl2N7O4/c1-45-32-20(17-36-18-21-7-10-27(43)39-21)6-9-24(41-32)22-11-12-37-30(29(22)34)23-3-2-4-25(28(23)33)40-31(44)26-8-5-19(16-38-26)15-35-13-14-42/h2-6,8-9,11-12,16,21,35-36,42H,7,10,13-15,17-18H2,1H3,(H,39,43)(H,40,44)/t21-/m0/s1. The molecule has 1 aromatic carbocycles. The molecule has 234 valence electrons. The topological polar surface area (TPSA) is 150 Å². The van der Waals surface area contributed by atoms with Gasteiger partial charge in [0.25, 0.3) is 5.91 Å². The summed E-state index contributed by atoms with van der Waals surface area (Å²) in [5, 5.41) is 21.7. The number of anilines is 1. The highest BCUT2D eigenvalue weighted by Gasteiger charge is 2.21. The Kier molecular flexibility index (Phi) is 10.9. The van der Waals surface area contributed by atoms with E-state index >= 15 is 0 Å². The molecule has 0 spiro atoms. The Bertz CT molecular complexity index is 1670. The lowest BCUT2D eigenvalue weighted by molar-refractivity contribution is -0.119. The minimum Gasteiger partial charge on any atom is -0.481 e. The molecule has 13 heteroatoms. The molecule has 0 saturated carbocycles. The number of pyridine rings is 3. The minimum absolute atomic E-state index is 0.0419. The van der Waals surface area contributed by atoms with Gasteiger partial charge in [-0.05, 0) is 36.2 Å². The van der Waals surface area contributed by atoms with E-state index in [-0.39, 0.29) is 29.3 Å². The summed E-state index contributed by atoms with van der Waals surface area (Å²) in [5.41, 5.74) is 4.55. The lowest BCUT2D eigenvalue weighted by Crippen LogP contribution is -2.35. The van der Waals surface area contributed by atoms with Crippen molar-refractivity contribution >= 4 is 40.7 Å². The molecule has 1 aliphatic rings. The van der Waals surface area contributed by atoms with E-state index in [0.717, 1.165) is 17.5 Å². The highest BCUT2D eigenvalue weighted by atomic mass is 35.5. The Morgan fingerprint density at radius 2 is 1.91 bits per heavy atom. The van der Waals surface area contributed by atoms with E-state index < -0.39 is 5.91 Å². The van der Waals surface area contributed by atoms with Crippen LogP contribution in [0.3, 0.4) is 0 Å². The summed E-state index contributed by atoms with van der Waals surface area (Å²) in [7, 11) is 1.56. The fourth-order valence-electron chi connectivity index (χ4n) is 4.94. The van der Waals surface area contributed by atoms with Crippen LogP contribution >= 0.6 is 23.2 Å². The van der Waals surface area contributed by atoms with Crippen molar-refractivity contribution < 1.29 is 19.4 Å². The quantitative estimate of drug-likeness (QED) is 0.134. The van der Waals surface area contributed by atoms with Crippen molar-refractivity contribution in [2.75, 3.05) is 32.1 Å². The zero-order chi connectivity index (χ0) is 31.8. The molecular weight excluding hydrogens is 617 g/mol. The highest BCUT2D eigenvalue weighted by Crippen LogP contribution is 2.40. The van der Waals surface area contributed by atoms with Crippen LogP contribution in [0.2, 0.25) is 10.0 Å². The number of carbonyl (C=O) groups is 2. The molecule has 5 N–H and O–H groups in total. The number of nitrogens with one attached hydrogen (secondary N) is 4. The number of aromatic nitrogens is 3. The first-order valence-electron chi connectivity index (χ1n) is 14.4. The Morgan fingerprint density at radius 1 is 1.04 bits per heavy atom. The van der Waals surface area contributed by atoms with Crippen LogP contribution in [0.4, 0.5) is 5.69 Å². The number of methoxy groups -OCH3 is 1. The van der Waals surface area contributed by atoms with E-state index in [4.69, 9.17) is 38.0 Å². The van der Waals surface area contributed by atoms with E-state index in [1.54, 1.807) is 55.9 Å². The van der Waals surface area contributed by atoms with Crippen LogP contribution in [-0.4, -0.2) is 64.7 Å². The second-order valence-electron chi connectivity index (χ2n) is 10.4. The van der Waals surface area contributed by atoms with E-state index in [1.165, 1.54) is 0 Å². The average Bonchev–Trinajstić information content (AvgIpc) is 3.47. The number of nitrogens with zero attached hydrogens (tertiary/aromatic N) is 3. The van der Waals surface area contributed by atoms with Crippen molar-refractivity contribution in [1.29, 1.82) is 0 Å². The molecule has 3 aromatic heterocycles.